The molecule has 0 bridgehead atoms. The van der Waals surface area contributed by atoms with E-state index in [2.05, 4.69) is 63.4 Å². The summed E-state index contributed by atoms with van der Waals surface area (Å²) in [6, 6.07) is 6.69. The van der Waals surface area contributed by atoms with Crippen molar-refractivity contribution in [2.75, 3.05) is 0 Å². The zero-order valence-electron chi connectivity index (χ0n) is 13.3. The number of hydrogen-bond acceptors (Lipinski definition) is 0. The molecule has 0 N–H and O–H groups in total. The zero-order chi connectivity index (χ0) is 13.6. The zero-order valence-corrected chi connectivity index (χ0v) is 18.3. The van der Waals surface area contributed by atoms with Gasteiger partial charge in [-0.05, 0) is 13.3 Å². The van der Waals surface area contributed by atoms with Gasteiger partial charge in [-0.15, -0.1) is 39.6 Å². The molecule has 0 unspecified atom stereocenters. The van der Waals surface area contributed by atoms with Gasteiger partial charge in [0.15, 0.2) is 0 Å². The van der Waals surface area contributed by atoms with Crippen LogP contribution in [0.4, 0.5) is 0 Å². The summed E-state index contributed by atoms with van der Waals surface area (Å²) >= 11 is 0. The number of fused-ring (bicyclic) bond motifs is 1. The molecule has 3 rings (SSSR count). The number of rotatable bonds is 1. The van der Waals surface area contributed by atoms with Gasteiger partial charge in [0.1, 0.15) is 0 Å². The Bertz CT molecular complexity index is 782. The van der Waals surface area contributed by atoms with Crippen LogP contribution >= 0.6 is 0 Å². The smallest absolute Gasteiger partial charge is 1.00 e. The minimum atomic E-state index is -0.432. The second-order valence-corrected chi connectivity index (χ2v) is 8.27. The molecule has 0 aliphatic heterocycles. The number of halogens is 2. The Hall–Kier alpha value is -0.01000. The predicted molar refractivity (Wildman–Crippen MR) is 83.8 cm³/mol. The van der Waals surface area contributed by atoms with Crippen molar-refractivity contribution in [3.63, 3.8) is 0 Å². The molecule has 2 aliphatic rings. The number of hydrogen-bond donors (Lipinski definition) is 0. The summed E-state index contributed by atoms with van der Waals surface area (Å²) < 4.78 is 0. The molecule has 0 saturated heterocycles. The molecule has 0 heterocycles. The van der Waals surface area contributed by atoms with Gasteiger partial charge in [-0.25, -0.2) is 0 Å². The van der Waals surface area contributed by atoms with Crippen LogP contribution < -0.4 is 30.0 Å². The van der Waals surface area contributed by atoms with Crippen molar-refractivity contribution in [3.8, 4) is 0 Å². The Morgan fingerprint density at radius 3 is 2.27 bits per heavy atom. The quantitative estimate of drug-likeness (QED) is 0.355. The molecule has 0 atom stereocenters. The third-order valence-corrected chi connectivity index (χ3v) is 5.47. The fourth-order valence-electron chi connectivity index (χ4n) is 2.98. The van der Waals surface area contributed by atoms with Crippen LogP contribution in [-0.2, 0) is 26.2 Å². The number of benzene rings is 1. The first-order valence-corrected chi connectivity index (χ1v) is 9.36. The molecule has 113 valence electrons. The van der Waals surface area contributed by atoms with Gasteiger partial charge >= 0.3 is 26.2 Å². The summed E-state index contributed by atoms with van der Waals surface area (Å²) in [5, 5.41) is 1.46. The summed E-state index contributed by atoms with van der Waals surface area (Å²) in [7, 11) is -0.432. The van der Waals surface area contributed by atoms with Crippen LogP contribution in [0.2, 0.25) is 13.1 Å². The van der Waals surface area contributed by atoms with E-state index in [1.54, 1.807) is 4.81 Å². The van der Waals surface area contributed by atoms with E-state index in [0.29, 0.717) is 0 Å². The van der Waals surface area contributed by atoms with E-state index < -0.39 is 8.41 Å². The van der Waals surface area contributed by atoms with Gasteiger partial charge in [-0.1, -0.05) is 54.7 Å². The van der Waals surface area contributed by atoms with Crippen LogP contribution in [0.1, 0.15) is 25.8 Å². The maximum Gasteiger partial charge on any atom is 3.00 e. The van der Waals surface area contributed by atoms with Gasteiger partial charge < -0.3 is 24.8 Å². The maximum absolute atomic E-state index is 3.64. The van der Waals surface area contributed by atoms with E-state index in [1.807, 2.05) is 0 Å². The van der Waals surface area contributed by atoms with Crippen LogP contribution in [0.5, 0.6) is 0 Å². The van der Waals surface area contributed by atoms with E-state index in [0.717, 1.165) is 6.42 Å². The molecule has 4 heteroatoms. The third-order valence-electron chi connectivity index (χ3n) is 3.97. The SMILES string of the molecule is CC1=CC=C(C2=[C-]c3cccc(=[Si](C)C)c3=C2C)C1.[Cl-].[Cl-].[Zr+3]. The Labute approximate surface area is 166 Å². The minimum Gasteiger partial charge on any atom is -1.00 e. The molecule has 0 fully saturated rings. The van der Waals surface area contributed by atoms with Crippen LogP contribution in [0.15, 0.2) is 47.1 Å². The molecule has 1 aromatic rings. The number of allylic oxidation sites excluding steroid dienone is 5. The molecule has 2 aliphatic carbocycles. The van der Waals surface area contributed by atoms with E-state index in [4.69, 9.17) is 0 Å². The first-order chi connectivity index (χ1) is 9.08. The summed E-state index contributed by atoms with van der Waals surface area (Å²) in [6.45, 7) is 9.20. The van der Waals surface area contributed by atoms with Gasteiger partial charge in [0.2, 0.25) is 0 Å². The van der Waals surface area contributed by atoms with E-state index in [1.165, 1.54) is 33.1 Å². The summed E-state index contributed by atoms with van der Waals surface area (Å²) in [5.41, 5.74) is 6.92. The molecule has 22 heavy (non-hydrogen) atoms. The first-order valence-electron chi connectivity index (χ1n) is 6.86. The second-order valence-electron chi connectivity index (χ2n) is 5.73. The molecule has 0 saturated carbocycles. The standard InChI is InChI=1S/C18H19Si.2ClH.Zr/c1-12-8-9-14(10-12)16-11-15-6-5-7-17(19(3)4)18(15)13(16)2;;;/h5-9H,10H2,1-4H3;2*1H;/q-1;;;+3/p-2. The van der Waals surface area contributed by atoms with Gasteiger partial charge in [0.05, 0.1) is 0 Å². The van der Waals surface area contributed by atoms with Crippen molar-refractivity contribution in [1.82, 2.24) is 0 Å². The van der Waals surface area contributed by atoms with Gasteiger partial charge in [-0.2, -0.15) is 0 Å². The molecule has 0 nitrogen and oxygen atoms in total. The fourth-order valence-corrected chi connectivity index (χ4v) is 4.24. The van der Waals surface area contributed by atoms with Crippen molar-refractivity contribution in [3.05, 3.63) is 68.7 Å². The Morgan fingerprint density at radius 2 is 1.73 bits per heavy atom. The summed E-state index contributed by atoms with van der Waals surface area (Å²) in [5.74, 6) is 0. The van der Waals surface area contributed by atoms with Crippen LogP contribution in [-0.4, -0.2) is 8.41 Å². The normalized spacial score (nSPS) is 14.7. The molecular weight excluding hydrogens is 406 g/mol. The molecule has 1 radical (unpaired) electrons. The van der Waals surface area contributed by atoms with Crippen molar-refractivity contribution in [2.45, 2.75) is 33.4 Å². The van der Waals surface area contributed by atoms with Crippen molar-refractivity contribution < 1.29 is 51.0 Å². The Kier molecular flexibility index (Phi) is 8.73. The largest absolute Gasteiger partial charge is 3.00 e. The van der Waals surface area contributed by atoms with Crippen molar-refractivity contribution >= 4 is 14.0 Å². The first kappa shape index (κ1) is 22.0. The summed E-state index contributed by atoms with van der Waals surface area (Å²) in [6.07, 6.45) is 9.21. The van der Waals surface area contributed by atoms with Crippen LogP contribution in [0.3, 0.4) is 0 Å². The van der Waals surface area contributed by atoms with Gasteiger partial charge in [0.25, 0.3) is 0 Å². The molecule has 0 aromatic heterocycles. The van der Waals surface area contributed by atoms with Crippen LogP contribution in [0.25, 0.3) is 5.57 Å². The van der Waals surface area contributed by atoms with E-state index in [-0.39, 0.29) is 51.0 Å². The second kappa shape index (κ2) is 8.73. The Morgan fingerprint density at radius 1 is 1.05 bits per heavy atom. The fraction of sp³-hybridized carbons (Fsp3) is 0.278. The monoisotopic (exact) mass is 423 g/mol. The van der Waals surface area contributed by atoms with Crippen molar-refractivity contribution in [2.24, 2.45) is 0 Å². The van der Waals surface area contributed by atoms with Crippen molar-refractivity contribution in [1.29, 1.82) is 0 Å². The topological polar surface area (TPSA) is 0 Å². The molecular formula is C18H19Cl2SiZr. The third kappa shape index (κ3) is 3.90. The van der Waals surface area contributed by atoms with Gasteiger partial charge in [0, 0.05) is 8.41 Å². The summed E-state index contributed by atoms with van der Waals surface area (Å²) in [4.78, 5) is 1.55. The maximum atomic E-state index is 3.64. The molecule has 0 spiro atoms. The van der Waals surface area contributed by atoms with E-state index >= 15 is 0 Å². The van der Waals surface area contributed by atoms with E-state index in [9.17, 15) is 0 Å². The van der Waals surface area contributed by atoms with Gasteiger partial charge in [-0.3, -0.25) is 0 Å². The Balaban J connectivity index is 0.00000147. The molecule has 0 amide bonds. The average molecular weight is 426 g/mol. The van der Waals surface area contributed by atoms with Crippen LogP contribution in [0, 0.1) is 10.9 Å². The average Bonchev–Trinajstić information content (AvgIpc) is 2.93. The molecule has 1 aromatic carbocycles. The predicted octanol–water partition coefficient (Wildman–Crippen LogP) is -2.18. The minimum absolute atomic E-state index is 0.